The molecule has 5 aliphatic rings. The highest BCUT2D eigenvalue weighted by molar-refractivity contribution is 6.07. The number of carbonyl (C=O) groups is 3. The first kappa shape index (κ1) is 15.8. The van der Waals surface area contributed by atoms with Gasteiger partial charge in [-0.25, -0.2) is 0 Å². The molecule has 6 atom stereocenters. The van der Waals surface area contributed by atoms with Gasteiger partial charge in [-0.05, 0) is 48.6 Å². The summed E-state index contributed by atoms with van der Waals surface area (Å²) in [6, 6.07) is 7.56. The van der Waals surface area contributed by atoms with Gasteiger partial charge in [0.05, 0.1) is 11.8 Å². The number of carbonyl (C=O) groups excluding carboxylic acids is 3. The molecule has 0 aromatic heterocycles. The van der Waals surface area contributed by atoms with Crippen LogP contribution in [0, 0.1) is 42.4 Å². The summed E-state index contributed by atoms with van der Waals surface area (Å²) < 4.78 is 0. The number of hydrogen-bond acceptors (Lipinski definition) is 3. The Morgan fingerprint density at radius 2 is 1.65 bits per heavy atom. The topological polar surface area (TPSA) is 57.7 Å². The van der Waals surface area contributed by atoms with Crippen molar-refractivity contribution in [1.29, 1.82) is 0 Å². The van der Waals surface area contributed by atoms with Crippen molar-refractivity contribution in [3.63, 3.8) is 0 Å². The van der Waals surface area contributed by atoms with E-state index in [1.165, 1.54) is 11.8 Å². The van der Waals surface area contributed by atoms with Crippen LogP contribution < -0.4 is 4.90 Å². The third-order valence-electron chi connectivity index (χ3n) is 6.82. The van der Waals surface area contributed by atoms with Crippen molar-refractivity contribution in [3.8, 4) is 0 Å². The van der Waals surface area contributed by atoms with Gasteiger partial charge in [0.2, 0.25) is 17.7 Å². The van der Waals surface area contributed by atoms with Gasteiger partial charge < -0.3 is 0 Å². The van der Waals surface area contributed by atoms with Crippen molar-refractivity contribution >= 4 is 23.4 Å². The van der Waals surface area contributed by atoms with Gasteiger partial charge in [0.25, 0.3) is 0 Å². The number of aryl methyl sites for hydroxylation is 1. The normalized spacial score (nSPS) is 36.2. The van der Waals surface area contributed by atoms with Gasteiger partial charge in [-0.2, -0.15) is 0 Å². The predicted octanol–water partition coefficient (Wildman–Crippen LogP) is 2.36. The summed E-state index contributed by atoms with van der Waals surface area (Å²) in [4.78, 5) is 41.4. The molecule has 5 nitrogen and oxygen atoms in total. The van der Waals surface area contributed by atoms with Crippen LogP contribution >= 0.6 is 0 Å². The van der Waals surface area contributed by atoms with Crippen LogP contribution in [-0.2, 0) is 14.4 Å². The second kappa shape index (κ2) is 5.29. The highest BCUT2D eigenvalue weighted by Gasteiger charge is 2.67. The summed E-state index contributed by atoms with van der Waals surface area (Å²) in [7, 11) is 0. The molecule has 2 bridgehead atoms. The van der Waals surface area contributed by atoms with Gasteiger partial charge in [0.1, 0.15) is 6.67 Å². The standard InChI is InChI=1S/C21H22N2O3/c1-11-5-3-4-6-17(11)22(12(2)24)10-23-20(25)18-13-7-8-14(16-9-15(13)16)19(18)21(23)26/h3-8,13-16,18-19H,9-10H2,1-2H3/t13-,14-,15-,16+,18+,19+/m0/s1. The molecule has 1 aromatic rings. The minimum atomic E-state index is -0.216. The van der Waals surface area contributed by atoms with E-state index in [9.17, 15) is 14.4 Å². The zero-order valence-corrected chi connectivity index (χ0v) is 15.0. The Kier molecular flexibility index (Phi) is 3.21. The lowest BCUT2D eigenvalue weighted by Crippen LogP contribution is -2.44. The van der Waals surface area contributed by atoms with Crippen molar-refractivity contribution in [2.45, 2.75) is 20.3 Å². The predicted molar refractivity (Wildman–Crippen MR) is 95.8 cm³/mol. The van der Waals surface area contributed by atoms with E-state index in [2.05, 4.69) is 12.2 Å². The van der Waals surface area contributed by atoms with Crippen LogP contribution in [0.5, 0.6) is 0 Å². The Labute approximate surface area is 152 Å². The van der Waals surface area contributed by atoms with E-state index in [1.54, 1.807) is 4.90 Å². The Balaban J connectivity index is 1.46. The lowest BCUT2D eigenvalue weighted by atomic mass is 9.63. The maximum absolute atomic E-state index is 13.1. The maximum Gasteiger partial charge on any atom is 0.235 e. The average molecular weight is 350 g/mol. The van der Waals surface area contributed by atoms with E-state index < -0.39 is 0 Å². The quantitative estimate of drug-likeness (QED) is 0.621. The average Bonchev–Trinajstić information content (AvgIpc) is 3.40. The molecule has 26 heavy (non-hydrogen) atoms. The molecule has 3 amide bonds. The number of hydrogen-bond donors (Lipinski definition) is 0. The molecule has 0 N–H and O–H groups in total. The molecule has 3 fully saturated rings. The minimum absolute atomic E-state index is 0.0135. The third kappa shape index (κ3) is 2.00. The lowest BCUT2D eigenvalue weighted by Gasteiger charge is -2.37. The summed E-state index contributed by atoms with van der Waals surface area (Å²) in [6.45, 7) is 3.42. The van der Waals surface area contributed by atoms with Crippen molar-refractivity contribution in [2.24, 2.45) is 35.5 Å². The number of benzene rings is 1. The summed E-state index contributed by atoms with van der Waals surface area (Å²) in [5.74, 6) is 0.805. The van der Waals surface area contributed by atoms with Gasteiger partial charge >= 0.3 is 0 Å². The molecule has 1 heterocycles. The van der Waals surface area contributed by atoms with Crippen LogP contribution in [0.15, 0.2) is 36.4 Å². The molecule has 1 aliphatic heterocycles. The Bertz CT molecular complexity index is 825. The molecule has 6 rings (SSSR count). The largest absolute Gasteiger partial charge is 0.294 e. The van der Waals surface area contributed by atoms with Crippen molar-refractivity contribution < 1.29 is 14.4 Å². The fourth-order valence-corrected chi connectivity index (χ4v) is 5.51. The summed E-state index contributed by atoms with van der Waals surface area (Å²) in [5.41, 5.74) is 1.70. The van der Waals surface area contributed by atoms with Crippen LogP contribution in [0.25, 0.3) is 0 Å². The zero-order chi connectivity index (χ0) is 18.2. The van der Waals surface area contributed by atoms with E-state index in [4.69, 9.17) is 0 Å². The first-order valence-electron chi connectivity index (χ1n) is 9.36. The first-order chi connectivity index (χ1) is 12.5. The zero-order valence-electron chi connectivity index (χ0n) is 15.0. The summed E-state index contributed by atoms with van der Waals surface area (Å²) in [6.07, 6.45) is 5.48. The fraction of sp³-hybridized carbons (Fsp3) is 0.476. The van der Waals surface area contributed by atoms with E-state index in [-0.39, 0.29) is 48.1 Å². The molecule has 5 heteroatoms. The Morgan fingerprint density at radius 3 is 2.19 bits per heavy atom. The number of rotatable bonds is 3. The third-order valence-corrected chi connectivity index (χ3v) is 6.82. The fourth-order valence-electron chi connectivity index (χ4n) is 5.51. The van der Waals surface area contributed by atoms with Crippen molar-refractivity contribution in [1.82, 2.24) is 4.90 Å². The van der Waals surface area contributed by atoms with E-state index in [0.717, 1.165) is 17.7 Å². The molecule has 1 saturated heterocycles. The van der Waals surface area contributed by atoms with Crippen LogP contribution in [0.1, 0.15) is 18.9 Å². The van der Waals surface area contributed by atoms with Gasteiger partial charge in [-0.1, -0.05) is 30.4 Å². The van der Waals surface area contributed by atoms with Crippen LogP contribution in [0.4, 0.5) is 5.69 Å². The molecule has 2 saturated carbocycles. The number of nitrogens with zero attached hydrogens (tertiary/aromatic N) is 2. The molecule has 0 radical (unpaired) electrons. The molecular weight excluding hydrogens is 328 g/mol. The Hall–Kier alpha value is -2.43. The number of likely N-dealkylation sites (tertiary alicyclic amines) is 1. The van der Waals surface area contributed by atoms with Crippen molar-refractivity contribution in [3.05, 3.63) is 42.0 Å². The molecular formula is C21H22N2O3. The smallest absolute Gasteiger partial charge is 0.235 e. The van der Waals surface area contributed by atoms with Gasteiger partial charge in [0, 0.05) is 12.6 Å². The first-order valence-corrected chi connectivity index (χ1v) is 9.36. The van der Waals surface area contributed by atoms with Crippen LogP contribution in [0.2, 0.25) is 0 Å². The van der Waals surface area contributed by atoms with E-state index >= 15 is 0 Å². The highest BCUT2D eigenvalue weighted by Crippen LogP contribution is 2.65. The molecule has 0 spiro atoms. The molecule has 1 aromatic carbocycles. The van der Waals surface area contributed by atoms with Gasteiger partial charge in [-0.3, -0.25) is 24.2 Å². The summed E-state index contributed by atoms with van der Waals surface area (Å²) in [5, 5.41) is 0. The highest BCUT2D eigenvalue weighted by atomic mass is 16.2. The number of allylic oxidation sites excluding steroid dienone is 2. The molecule has 4 aliphatic carbocycles. The van der Waals surface area contributed by atoms with Gasteiger partial charge in [0.15, 0.2) is 0 Å². The van der Waals surface area contributed by atoms with E-state index in [0.29, 0.717) is 11.8 Å². The second-order valence-corrected chi connectivity index (χ2v) is 8.13. The molecule has 134 valence electrons. The van der Waals surface area contributed by atoms with E-state index in [1.807, 2.05) is 31.2 Å². The minimum Gasteiger partial charge on any atom is -0.294 e. The number of imide groups is 1. The number of anilines is 1. The second-order valence-electron chi connectivity index (χ2n) is 8.13. The Morgan fingerprint density at radius 1 is 1.08 bits per heavy atom. The maximum atomic E-state index is 13.1. The van der Waals surface area contributed by atoms with Crippen molar-refractivity contribution in [2.75, 3.05) is 11.6 Å². The number of amides is 3. The monoisotopic (exact) mass is 350 g/mol. The van der Waals surface area contributed by atoms with Crippen LogP contribution in [-0.4, -0.2) is 29.3 Å². The molecule has 0 unspecified atom stereocenters. The SMILES string of the molecule is CC(=O)N(CN1C(=O)[C@@H]2[C@H]3C=C[C@@H]([C@@H]4C[C@H]34)[C@H]2C1=O)c1ccccc1C. The number of para-hydroxylation sites is 1. The van der Waals surface area contributed by atoms with Crippen LogP contribution in [0.3, 0.4) is 0 Å². The van der Waals surface area contributed by atoms with Gasteiger partial charge in [-0.15, -0.1) is 0 Å². The lowest BCUT2D eigenvalue weighted by molar-refractivity contribution is -0.140. The summed E-state index contributed by atoms with van der Waals surface area (Å²) >= 11 is 0.